The summed E-state index contributed by atoms with van der Waals surface area (Å²) in [6, 6.07) is 13.6. The van der Waals surface area contributed by atoms with E-state index in [1.54, 1.807) is 26.0 Å². The van der Waals surface area contributed by atoms with Gasteiger partial charge in [-0.15, -0.1) is 0 Å². The lowest BCUT2D eigenvalue weighted by Crippen LogP contribution is -2.49. The number of hydrogen-bond donors (Lipinski definition) is 1. The molecule has 1 N–H and O–H groups in total. The molecule has 0 saturated carbocycles. The van der Waals surface area contributed by atoms with Crippen molar-refractivity contribution in [3.8, 4) is 0 Å². The van der Waals surface area contributed by atoms with Crippen molar-refractivity contribution in [2.45, 2.75) is 39.3 Å². The summed E-state index contributed by atoms with van der Waals surface area (Å²) in [6.07, 6.45) is 0.305. The SMILES string of the molecule is CC(=O)C(Cc1ccccc1)NC(=O)COC(=O)[C@@H](C(C)C)N1C(=O)c2ccccc2C1=O. The van der Waals surface area contributed by atoms with Crippen molar-refractivity contribution >= 4 is 29.5 Å². The van der Waals surface area contributed by atoms with Crippen LogP contribution in [0.25, 0.3) is 0 Å². The summed E-state index contributed by atoms with van der Waals surface area (Å²) in [4.78, 5) is 63.6. The van der Waals surface area contributed by atoms with E-state index in [0.717, 1.165) is 10.5 Å². The molecule has 1 aliphatic heterocycles. The van der Waals surface area contributed by atoms with Crippen molar-refractivity contribution in [1.29, 1.82) is 0 Å². The number of carbonyl (C=O) groups excluding carboxylic acids is 5. The minimum absolute atomic E-state index is 0.226. The first-order valence-electron chi connectivity index (χ1n) is 10.7. The fourth-order valence-corrected chi connectivity index (χ4v) is 3.74. The van der Waals surface area contributed by atoms with Crippen molar-refractivity contribution in [3.05, 3.63) is 71.3 Å². The lowest BCUT2D eigenvalue weighted by atomic mass is 10.0. The molecule has 172 valence electrons. The quantitative estimate of drug-likeness (QED) is 0.463. The molecule has 2 aromatic rings. The maximum Gasteiger partial charge on any atom is 0.330 e. The predicted octanol–water partition coefficient (Wildman–Crippen LogP) is 2.17. The Labute approximate surface area is 191 Å². The Bertz CT molecular complexity index is 1040. The van der Waals surface area contributed by atoms with Crippen LogP contribution in [0, 0.1) is 5.92 Å². The van der Waals surface area contributed by atoms with E-state index in [1.807, 2.05) is 30.3 Å². The Hall–Kier alpha value is -3.81. The molecule has 1 aliphatic rings. The number of nitrogens with one attached hydrogen (secondary N) is 1. The molecule has 1 unspecified atom stereocenters. The number of imide groups is 1. The highest BCUT2D eigenvalue weighted by atomic mass is 16.5. The van der Waals surface area contributed by atoms with Gasteiger partial charge in [-0.25, -0.2) is 4.79 Å². The van der Waals surface area contributed by atoms with Crippen molar-refractivity contribution in [2.24, 2.45) is 5.92 Å². The lowest BCUT2D eigenvalue weighted by Gasteiger charge is -2.27. The smallest absolute Gasteiger partial charge is 0.330 e. The van der Waals surface area contributed by atoms with Gasteiger partial charge in [0.05, 0.1) is 17.2 Å². The van der Waals surface area contributed by atoms with Crippen molar-refractivity contribution in [3.63, 3.8) is 0 Å². The van der Waals surface area contributed by atoms with E-state index in [9.17, 15) is 24.0 Å². The Morgan fingerprint density at radius 1 is 0.909 bits per heavy atom. The summed E-state index contributed by atoms with van der Waals surface area (Å²) in [5.41, 5.74) is 1.33. The first-order valence-corrected chi connectivity index (χ1v) is 10.7. The van der Waals surface area contributed by atoms with Gasteiger partial charge in [-0.3, -0.25) is 24.1 Å². The summed E-state index contributed by atoms with van der Waals surface area (Å²) < 4.78 is 5.16. The monoisotopic (exact) mass is 450 g/mol. The average molecular weight is 450 g/mol. The molecular weight excluding hydrogens is 424 g/mol. The van der Waals surface area contributed by atoms with Crippen LogP contribution in [0.3, 0.4) is 0 Å². The van der Waals surface area contributed by atoms with Crippen LogP contribution in [0.15, 0.2) is 54.6 Å². The number of rotatable bonds is 9. The topological polar surface area (TPSA) is 110 Å². The Kier molecular flexibility index (Phi) is 7.37. The second-order valence-corrected chi connectivity index (χ2v) is 8.24. The molecule has 1 heterocycles. The standard InChI is InChI=1S/C25H26N2O6/c1-15(2)22(27-23(30)18-11-7-8-12-19(18)24(27)31)25(32)33-14-21(29)26-20(16(3)28)13-17-9-5-4-6-10-17/h4-12,15,20,22H,13-14H2,1-3H3,(H,26,29)/t20?,22-/m1/s1. The molecule has 3 amide bonds. The van der Waals surface area contributed by atoms with Crippen LogP contribution in [0.1, 0.15) is 47.1 Å². The van der Waals surface area contributed by atoms with Gasteiger partial charge >= 0.3 is 5.97 Å². The van der Waals surface area contributed by atoms with Gasteiger partial charge in [0, 0.05) is 0 Å². The Balaban J connectivity index is 1.64. The fourth-order valence-electron chi connectivity index (χ4n) is 3.74. The number of carbonyl (C=O) groups is 5. The summed E-state index contributed by atoms with van der Waals surface area (Å²) in [5.74, 6) is -3.33. The first kappa shape index (κ1) is 23.8. The third-order valence-electron chi connectivity index (χ3n) is 5.43. The van der Waals surface area contributed by atoms with Crippen LogP contribution >= 0.6 is 0 Å². The minimum atomic E-state index is -1.18. The van der Waals surface area contributed by atoms with E-state index in [4.69, 9.17) is 4.74 Å². The summed E-state index contributed by atoms with van der Waals surface area (Å²) >= 11 is 0. The highest BCUT2D eigenvalue weighted by Gasteiger charge is 2.44. The van der Waals surface area contributed by atoms with Gasteiger partial charge in [0.15, 0.2) is 12.4 Å². The van der Waals surface area contributed by atoms with E-state index in [1.165, 1.54) is 19.1 Å². The number of ether oxygens (including phenoxy) is 1. The van der Waals surface area contributed by atoms with E-state index >= 15 is 0 Å². The lowest BCUT2D eigenvalue weighted by molar-refractivity contribution is -0.153. The Morgan fingerprint density at radius 2 is 1.45 bits per heavy atom. The summed E-state index contributed by atoms with van der Waals surface area (Å²) in [7, 11) is 0. The maximum absolute atomic E-state index is 12.8. The first-order chi connectivity index (χ1) is 15.7. The molecule has 0 spiro atoms. The molecular formula is C25H26N2O6. The molecule has 0 fully saturated rings. The number of fused-ring (bicyclic) bond motifs is 1. The van der Waals surface area contributed by atoms with Gasteiger partial charge in [-0.1, -0.05) is 56.3 Å². The highest BCUT2D eigenvalue weighted by molar-refractivity contribution is 6.22. The number of hydrogen-bond acceptors (Lipinski definition) is 6. The predicted molar refractivity (Wildman–Crippen MR) is 119 cm³/mol. The van der Waals surface area contributed by atoms with Crippen LogP contribution < -0.4 is 5.32 Å². The van der Waals surface area contributed by atoms with Crippen LogP contribution in [-0.2, 0) is 25.5 Å². The van der Waals surface area contributed by atoms with E-state index < -0.39 is 48.3 Å². The van der Waals surface area contributed by atoms with Crippen molar-refractivity contribution in [2.75, 3.05) is 6.61 Å². The average Bonchev–Trinajstić information content (AvgIpc) is 3.03. The van der Waals surface area contributed by atoms with E-state index in [2.05, 4.69) is 5.32 Å². The van der Waals surface area contributed by atoms with Gasteiger partial charge in [0.25, 0.3) is 17.7 Å². The second kappa shape index (κ2) is 10.2. The molecule has 2 aromatic carbocycles. The van der Waals surface area contributed by atoms with Crippen LogP contribution in [0.2, 0.25) is 0 Å². The third kappa shape index (κ3) is 5.34. The highest BCUT2D eigenvalue weighted by Crippen LogP contribution is 2.27. The third-order valence-corrected chi connectivity index (χ3v) is 5.43. The molecule has 0 saturated heterocycles. The fraction of sp³-hybridized carbons (Fsp3) is 0.320. The minimum Gasteiger partial charge on any atom is -0.454 e. The molecule has 0 aromatic heterocycles. The largest absolute Gasteiger partial charge is 0.454 e. The summed E-state index contributed by atoms with van der Waals surface area (Å²) in [5, 5.41) is 2.58. The molecule has 0 bridgehead atoms. The zero-order valence-electron chi connectivity index (χ0n) is 18.7. The van der Waals surface area contributed by atoms with E-state index in [-0.39, 0.29) is 16.9 Å². The van der Waals surface area contributed by atoms with Gasteiger partial charge in [0.2, 0.25) is 0 Å². The van der Waals surface area contributed by atoms with Crippen molar-refractivity contribution in [1.82, 2.24) is 10.2 Å². The van der Waals surface area contributed by atoms with Crippen molar-refractivity contribution < 1.29 is 28.7 Å². The maximum atomic E-state index is 12.8. The molecule has 33 heavy (non-hydrogen) atoms. The van der Waals surface area contributed by atoms with Crippen LogP contribution in [0.4, 0.5) is 0 Å². The number of ketones is 1. The number of Topliss-reactive ketones (excluding diaryl/α,β-unsaturated/α-hetero) is 1. The van der Waals surface area contributed by atoms with E-state index in [0.29, 0.717) is 6.42 Å². The number of amides is 3. The van der Waals surface area contributed by atoms with Gasteiger partial charge in [-0.05, 0) is 37.0 Å². The molecule has 8 nitrogen and oxygen atoms in total. The normalized spacial score (nSPS) is 14.6. The molecule has 8 heteroatoms. The Morgan fingerprint density at radius 3 is 1.97 bits per heavy atom. The molecule has 2 atom stereocenters. The number of nitrogens with zero attached hydrogens (tertiary/aromatic N) is 1. The van der Waals surface area contributed by atoms with Gasteiger partial charge < -0.3 is 10.1 Å². The number of benzene rings is 2. The zero-order chi connectivity index (χ0) is 24.1. The van der Waals surface area contributed by atoms with Gasteiger partial charge in [0.1, 0.15) is 6.04 Å². The molecule has 0 aliphatic carbocycles. The van der Waals surface area contributed by atoms with Crippen LogP contribution in [0.5, 0.6) is 0 Å². The van der Waals surface area contributed by atoms with Crippen LogP contribution in [-0.4, -0.2) is 53.1 Å². The van der Waals surface area contributed by atoms with Gasteiger partial charge in [-0.2, -0.15) is 0 Å². The zero-order valence-corrected chi connectivity index (χ0v) is 18.7. The summed E-state index contributed by atoms with van der Waals surface area (Å²) in [6.45, 7) is 4.10. The number of esters is 1. The molecule has 0 radical (unpaired) electrons. The second-order valence-electron chi connectivity index (χ2n) is 8.24. The molecule has 3 rings (SSSR count).